The molecule has 0 aliphatic heterocycles. The Bertz CT molecular complexity index is 650. The molecule has 0 N–H and O–H groups in total. The van der Waals surface area contributed by atoms with Crippen molar-refractivity contribution in [1.29, 1.82) is 0 Å². The molecule has 0 bridgehead atoms. The van der Waals surface area contributed by atoms with Gasteiger partial charge in [-0.25, -0.2) is 0 Å². The molecule has 0 aliphatic rings. The highest BCUT2D eigenvalue weighted by molar-refractivity contribution is 9.10. The van der Waals surface area contributed by atoms with E-state index in [1.54, 1.807) is 0 Å². The van der Waals surface area contributed by atoms with Gasteiger partial charge >= 0.3 is 0 Å². The smallest absolute Gasteiger partial charge is 0.0601 e. The molecule has 2 rings (SSSR count). The van der Waals surface area contributed by atoms with Gasteiger partial charge in [0.05, 0.1) is 6.54 Å². The van der Waals surface area contributed by atoms with E-state index in [0.717, 1.165) is 30.5 Å². The van der Waals surface area contributed by atoms with Crippen LogP contribution in [-0.2, 0) is 0 Å². The lowest BCUT2D eigenvalue weighted by atomic mass is 9.89. The second-order valence-electron chi connectivity index (χ2n) is 5.50. The lowest BCUT2D eigenvalue weighted by molar-refractivity contribution is 0.342. The second-order valence-corrected chi connectivity index (χ2v) is 6.36. The van der Waals surface area contributed by atoms with Crippen molar-refractivity contribution in [1.82, 2.24) is 4.90 Å². The molecular weight excluding hydrogens is 346 g/mol. The van der Waals surface area contributed by atoms with Crippen LogP contribution in [0.3, 0.4) is 0 Å². The van der Waals surface area contributed by atoms with E-state index >= 15 is 0 Å². The Balaban J connectivity index is 2.19. The summed E-state index contributed by atoms with van der Waals surface area (Å²) in [6, 6.07) is 19.1. The van der Waals surface area contributed by atoms with Crippen molar-refractivity contribution in [3.05, 3.63) is 70.2 Å². The Labute approximate surface area is 148 Å². The maximum atomic E-state index is 3.69. The molecule has 0 aliphatic carbocycles. The van der Waals surface area contributed by atoms with E-state index in [-0.39, 0.29) is 0 Å². The third-order valence-corrected chi connectivity index (χ3v) is 4.83. The standard InChI is InChI=1S/C21H24BrN/c1-3-23(4-2)17-11-10-14-19(18-12-6-5-7-13-18)20-15-8-9-16-21(20)22/h5-9,12-13,15-16,19H,3-4,14,17H2,1-2H3/t19-/m0/s1. The molecule has 1 atom stereocenters. The lowest BCUT2D eigenvalue weighted by Gasteiger charge is -2.17. The van der Waals surface area contributed by atoms with Crippen LogP contribution in [0.15, 0.2) is 59.1 Å². The van der Waals surface area contributed by atoms with Gasteiger partial charge in [0.25, 0.3) is 0 Å². The third kappa shape index (κ3) is 5.23. The average Bonchev–Trinajstić information content (AvgIpc) is 2.60. The zero-order valence-corrected chi connectivity index (χ0v) is 15.5. The van der Waals surface area contributed by atoms with Gasteiger partial charge in [0.1, 0.15) is 0 Å². The van der Waals surface area contributed by atoms with Crippen LogP contribution >= 0.6 is 15.9 Å². The minimum atomic E-state index is 0.302. The average molecular weight is 370 g/mol. The zero-order valence-electron chi connectivity index (χ0n) is 13.9. The molecule has 0 radical (unpaired) electrons. The predicted octanol–water partition coefficient (Wildman–Crippen LogP) is 5.32. The summed E-state index contributed by atoms with van der Waals surface area (Å²) in [6.07, 6.45) is 0.841. The van der Waals surface area contributed by atoms with E-state index in [1.807, 2.05) is 0 Å². The number of hydrogen-bond acceptors (Lipinski definition) is 1. The normalized spacial score (nSPS) is 11.8. The van der Waals surface area contributed by atoms with Gasteiger partial charge in [0, 0.05) is 16.8 Å². The molecule has 0 saturated heterocycles. The summed E-state index contributed by atoms with van der Waals surface area (Å²) in [5.41, 5.74) is 2.62. The van der Waals surface area contributed by atoms with Crippen LogP contribution in [0.1, 0.15) is 37.3 Å². The van der Waals surface area contributed by atoms with Gasteiger partial charge in [0.2, 0.25) is 0 Å². The van der Waals surface area contributed by atoms with E-state index in [1.165, 1.54) is 11.1 Å². The Kier molecular flexibility index (Phi) is 7.39. The van der Waals surface area contributed by atoms with Crippen molar-refractivity contribution in [2.45, 2.75) is 26.2 Å². The van der Waals surface area contributed by atoms with Gasteiger partial charge in [-0.05, 0) is 30.3 Å². The number of hydrogen-bond donors (Lipinski definition) is 0. The Morgan fingerprint density at radius 3 is 2.22 bits per heavy atom. The van der Waals surface area contributed by atoms with Crippen molar-refractivity contribution >= 4 is 15.9 Å². The largest absolute Gasteiger partial charge is 0.293 e. The molecule has 0 fully saturated rings. The van der Waals surface area contributed by atoms with Crippen molar-refractivity contribution in [2.75, 3.05) is 19.6 Å². The van der Waals surface area contributed by atoms with Crippen LogP contribution in [0.5, 0.6) is 0 Å². The number of nitrogens with zero attached hydrogens (tertiary/aromatic N) is 1. The van der Waals surface area contributed by atoms with Crippen LogP contribution in [0, 0.1) is 11.8 Å². The van der Waals surface area contributed by atoms with E-state index in [9.17, 15) is 0 Å². The highest BCUT2D eigenvalue weighted by atomic mass is 79.9. The predicted molar refractivity (Wildman–Crippen MR) is 103 cm³/mol. The number of rotatable bonds is 6. The number of halogens is 1. The molecule has 0 spiro atoms. The van der Waals surface area contributed by atoms with E-state index < -0.39 is 0 Å². The van der Waals surface area contributed by atoms with E-state index in [4.69, 9.17) is 0 Å². The van der Waals surface area contributed by atoms with Gasteiger partial charge in [-0.1, -0.05) is 84.2 Å². The minimum absolute atomic E-state index is 0.302. The fourth-order valence-corrected chi connectivity index (χ4v) is 3.20. The molecular formula is C21H24BrN. The summed E-state index contributed by atoms with van der Waals surface area (Å²) < 4.78 is 1.15. The first-order chi connectivity index (χ1) is 11.3. The van der Waals surface area contributed by atoms with Crippen LogP contribution < -0.4 is 0 Å². The van der Waals surface area contributed by atoms with Crippen molar-refractivity contribution in [3.8, 4) is 11.8 Å². The SMILES string of the molecule is CCN(CC)CC#CC[C@@H](c1ccccc1)c1ccccc1Br. The Hall–Kier alpha value is -1.56. The molecule has 1 nitrogen and oxygen atoms in total. The van der Waals surface area contributed by atoms with E-state index in [2.05, 4.69) is 101 Å². The maximum absolute atomic E-state index is 3.69. The maximum Gasteiger partial charge on any atom is 0.0601 e. The van der Waals surface area contributed by atoms with Gasteiger partial charge in [-0.3, -0.25) is 4.90 Å². The minimum Gasteiger partial charge on any atom is -0.293 e. The van der Waals surface area contributed by atoms with Crippen LogP contribution in [0.2, 0.25) is 0 Å². The molecule has 0 aromatic heterocycles. The molecule has 0 unspecified atom stereocenters. The fraction of sp³-hybridized carbons (Fsp3) is 0.333. The molecule has 2 aromatic rings. The highest BCUT2D eigenvalue weighted by Crippen LogP contribution is 2.32. The van der Waals surface area contributed by atoms with Gasteiger partial charge < -0.3 is 0 Å². The van der Waals surface area contributed by atoms with Crippen LogP contribution in [0.4, 0.5) is 0 Å². The molecule has 0 saturated carbocycles. The summed E-state index contributed by atoms with van der Waals surface area (Å²) in [4.78, 5) is 2.34. The summed E-state index contributed by atoms with van der Waals surface area (Å²) in [5, 5.41) is 0. The molecule has 0 amide bonds. The molecule has 2 aromatic carbocycles. The van der Waals surface area contributed by atoms with Crippen molar-refractivity contribution in [3.63, 3.8) is 0 Å². The Morgan fingerprint density at radius 2 is 1.57 bits per heavy atom. The summed E-state index contributed by atoms with van der Waals surface area (Å²) in [7, 11) is 0. The topological polar surface area (TPSA) is 3.24 Å². The van der Waals surface area contributed by atoms with Crippen LogP contribution in [-0.4, -0.2) is 24.5 Å². The quantitative estimate of drug-likeness (QED) is 0.623. The number of benzene rings is 2. The zero-order chi connectivity index (χ0) is 16.5. The highest BCUT2D eigenvalue weighted by Gasteiger charge is 2.15. The Morgan fingerprint density at radius 1 is 0.913 bits per heavy atom. The molecule has 2 heteroatoms. The van der Waals surface area contributed by atoms with E-state index in [0.29, 0.717) is 5.92 Å². The fourth-order valence-electron chi connectivity index (χ4n) is 2.64. The summed E-state index contributed by atoms with van der Waals surface area (Å²) >= 11 is 3.69. The van der Waals surface area contributed by atoms with Gasteiger partial charge in [0.15, 0.2) is 0 Å². The van der Waals surface area contributed by atoms with Crippen LogP contribution in [0.25, 0.3) is 0 Å². The molecule has 23 heavy (non-hydrogen) atoms. The third-order valence-electron chi connectivity index (χ3n) is 4.11. The first kappa shape index (κ1) is 17.8. The van der Waals surface area contributed by atoms with Gasteiger partial charge in [-0.2, -0.15) is 0 Å². The second kappa shape index (κ2) is 9.55. The van der Waals surface area contributed by atoms with Crippen molar-refractivity contribution in [2.24, 2.45) is 0 Å². The lowest BCUT2D eigenvalue weighted by Crippen LogP contribution is -2.22. The van der Waals surface area contributed by atoms with Crippen molar-refractivity contribution < 1.29 is 0 Å². The monoisotopic (exact) mass is 369 g/mol. The molecule has 120 valence electrons. The molecule has 0 heterocycles. The first-order valence-electron chi connectivity index (χ1n) is 8.23. The van der Waals surface area contributed by atoms with Gasteiger partial charge in [-0.15, -0.1) is 5.92 Å². The summed E-state index contributed by atoms with van der Waals surface area (Å²) in [6.45, 7) is 7.32. The first-order valence-corrected chi connectivity index (χ1v) is 9.03. The summed E-state index contributed by atoms with van der Waals surface area (Å²) in [5.74, 6) is 7.04.